The molecule has 0 spiro atoms. The number of carbonyl (C=O) groups excluding carboxylic acids is 2. The number of halogens is 1. The van der Waals surface area contributed by atoms with E-state index in [1.54, 1.807) is 54.6 Å². The van der Waals surface area contributed by atoms with Crippen LogP contribution in [0.25, 0.3) is 22.6 Å². The van der Waals surface area contributed by atoms with Gasteiger partial charge in [0, 0.05) is 5.56 Å². The summed E-state index contributed by atoms with van der Waals surface area (Å²) in [5.41, 5.74) is 2.84. The first-order valence-electron chi connectivity index (χ1n) is 8.26. The van der Waals surface area contributed by atoms with Crippen molar-refractivity contribution in [3.63, 3.8) is 0 Å². The van der Waals surface area contributed by atoms with Crippen LogP contribution in [0.4, 0.5) is 10.1 Å². The second-order valence-corrected chi connectivity index (χ2v) is 6.17. The van der Waals surface area contributed by atoms with Crippen LogP contribution in [0.2, 0.25) is 0 Å². The van der Waals surface area contributed by atoms with E-state index in [9.17, 15) is 14.0 Å². The van der Waals surface area contributed by atoms with Crippen molar-refractivity contribution < 1.29 is 18.4 Å². The topological polar surface area (TPSA) is 63.4 Å². The Kier molecular flexibility index (Phi) is 3.21. The van der Waals surface area contributed by atoms with E-state index < -0.39 is 0 Å². The molecule has 0 unspecified atom stereocenters. The van der Waals surface area contributed by atoms with Crippen molar-refractivity contribution in [1.29, 1.82) is 0 Å². The Morgan fingerprint density at radius 3 is 2.19 bits per heavy atom. The number of anilines is 1. The summed E-state index contributed by atoms with van der Waals surface area (Å²) in [4.78, 5) is 30.8. The molecule has 5 rings (SSSR count). The summed E-state index contributed by atoms with van der Waals surface area (Å²) in [5.74, 6) is -0.735. The molecule has 0 saturated carbocycles. The minimum atomic E-state index is -0.364. The van der Waals surface area contributed by atoms with Crippen LogP contribution in [0.5, 0.6) is 0 Å². The van der Waals surface area contributed by atoms with Crippen LogP contribution in [0.3, 0.4) is 0 Å². The van der Waals surface area contributed by atoms with Gasteiger partial charge in [0.25, 0.3) is 11.8 Å². The maximum absolute atomic E-state index is 13.1. The zero-order valence-electron chi connectivity index (χ0n) is 13.8. The summed E-state index contributed by atoms with van der Waals surface area (Å²) in [6.45, 7) is 0. The van der Waals surface area contributed by atoms with Crippen molar-refractivity contribution in [3.8, 4) is 11.5 Å². The molecule has 3 aromatic carbocycles. The lowest BCUT2D eigenvalue weighted by Gasteiger charge is -2.13. The van der Waals surface area contributed by atoms with Crippen LogP contribution in [0, 0.1) is 5.82 Å². The zero-order valence-corrected chi connectivity index (χ0v) is 13.8. The van der Waals surface area contributed by atoms with Crippen molar-refractivity contribution in [2.24, 2.45) is 0 Å². The van der Waals surface area contributed by atoms with E-state index in [1.165, 1.54) is 12.1 Å². The monoisotopic (exact) mass is 358 g/mol. The molecule has 0 saturated heterocycles. The third-order valence-corrected chi connectivity index (χ3v) is 4.51. The molecule has 6 heteroatoms. The summed E-state index contributed by atoms with van der Waals surface area (Å²) in [7, 11) is 0. The molecule has 5 nitrogen and oxygen atoms in total. The fourth-order valence-electron chi connectivity index (χ4n) is 3.19. The molecule has 0 N–H and O–H groups in total. The van der Waals surface area contributed by atoms with Crippen molar-refractivity contribution >= 4 is 28.6 Å². The fraction of sp³-hybridized carbons (Fsp3) is 0. The molecular weight excluding hydrogens is 347 g/mol. The first kappa shape index (κ1) is 15.5. The van der Waals surface area contributed by atoms with Gasteiger partial charge < -0.3 is 4.42 Å². The van der Waals surface area contributed by atoms with Crippen molar-refractivity contribution in [3.05, 3.63) is 83.7 Å². The number of carbonyl (C=O) groups is 2. The normalized spacial score (nSPS) is 13.4. The molecule has 1 aliphatic heterocycles. The highest BCUT2D eigenvalue weighted by atomic mass is 19.1. The van der Waals surface area contributed by atoms with E-state index in [2.05, 4.69) is 4.98 Å². The minimum absolute atomic E-state index is 0.338. The van der Waals surface area contributed by atoms with Crippen molar-refractivity contribution in [1.82, 2.24) is 4.98 Å². The van der Waals surface area contributed by atoms with Crippen molar-refractivity contribution in [2.75, 3.05) is 4.90 Å². The Labute approximate surface area is 152 Å². The lowest BCUT2D eigenvalue weighted by atomic mass is 10.1. The van der Waals surface area contributed by atoms with Crippen LogP contribution in [-0.2, 0) is 0 Å². The van der Waals surface area contributed by atoms with Gasteiger partial charge >= 0.3 is 0 Å². The number of hydrogen-bond acceptors (Lipinski definition) is 4. The SMILES string of the molecule is O=C1c2ccccc2C(=O)N1c1ccc2oc(-c3ccc(F)cc3)nc2c1. The van der Waals surface area contributed by atoms with Crippen LogP contribution in [0.1, 0.15) is 20.7 Å². The summed E-state index contributed by atoms with van der Waals surface area (Å²) in [6.07, 6.45) is 0. The molecule has 2 heterocycles. The van der Waals surface area contributed by atoms with E-state index in [0.717, 1.165) is 4.90 Å². The Morgan fingerprint density at radius 1 is 0.852 bits per heavy atom. The summed E-state index contributed by atoms with van der Waals surface area (Å²) >= 11 is 0. The van der Waals surface area contributed by atoms with E-state index in [1.807, 2.05) is 0 Å². The molecule has 1 aromatic heterocycles. The van der Waals surface area contributed by atoms with Crippen LogP contribution < -0.4 is 4.90 Å². The lowest BCUT2D eigenvalue weighted by Crippen LogP contribution is -2.29. The number of rotatable bonds is 2. The molecule has 27 heavy (non-hydrogen) atoms. The largest absolute Gasteiger partial charge is 0.436 e. The molecule has 0 radical (unpaired) electrons. The zero-order chi connectivity index (χ0) is 18.5. The minimum Gasteiger partial charge on any atom is -0.436 e. The predicted octanol–water partition coefficient (Wildman–Crippen LogP) is 4.43. The molecule has 0 bridgehead atoms. The van der Waals surface area contributed by atoms with Crippen LogP contribution in [0.15, 0.2) is 71.1 Å². The molecular formula is C21H11FN2O3. The van der Waals surface area contributed by atoms with E-state index in [4.69, 9.17) is 4.42 Å². The average molecular weight is 358 g/mol. The molecule has 4 aromatic rings. The number of benzene rings is 3. The summed E-state index contributed by atoms with van der Waals surface area (Å²) in [5, 5.41) is 0. The summed E-state index contributed by atoms with van der Waals surface area (Å²) in [6, 6.07) is 17.5. The highest BCUT2D eigenvalue weighted by molar-refractivity contribution is 6.34. The quantitative estimate of drug-likeness (QED) is 0.497. The highest BCUT2D eigenvalue weighted by Crippen LogP contribution is 2.32. The molecule has 0 fully saturated rings. The number of nitrogens with zero attached hydrogens (tertiary/aromatic N) is 2. The molecule has 0 atom stereocenters. The van der Waals surface area contributed by atoms with Gasteiger partial charge in [0.2, 0.25) is 5.89 Å². The Hall–Kier alpha value is -3.80. The number of fused-ring (bicyclic) bond motifs is 2. The van der Waals surface area contributed by atoms with Gasteiger partial charge in [-0.3, -0.25) is 9.59 Å². The van der Waals surface area contributed by atoms with Crippen LogP contribution >= 0.6 is 0 Å². The first-order chi connectivity index (χ1) is 13.1. The molecule has 0 aliphatic carbocycles. The second kappa shape index (κ2) is 5.60. The van der Waals surface area contributed by atoms with Gasteiger partial charge in [0.05, 0.1) is 16.8 Å². The molecule has 1 aliphatic rings. The molecule has 2 amide bonds. The van der Waals surface area contributed by atoms with Gasteiger partial charge in [-0.05, 0) is 54.6 Å². The van der Waals surface area contributed by atoms with Crippen LogP contribution in [-0.4, -0.2) is 16.8 Å². The predicted molar refractivity (Wildman–Crippen MR) is 97.0 cm³/mol. The first-order valence-corrected chi connectivity index (χ1v) is 8.26. The standard InChI is InChI=1S/C21H11FN2O3/c22-13-7-5-12(6-8-13)19-23-17-11-14(9-10-18(17)27-19)24-20(25)15-3-1-2-4-16(15)21(24)26/h1-11H. The number of aromatic nitrogens is 1. The maximum Gasteiger partial charge on any atom is 0.266 e. The number of oxazole rings is 1. The smallest absolute Gasteiger partial charge is 0.266 e. The highest BCUT2D eigenvalue weighted by Gasteiger charge is 2.36. The Bertz CT molecular complexity index is 1190. The van der Waals surface area contributed by atoms with E-state index >= 15 is 0 Å². The van der Waals surface area contributed by atoms with Gasteiger partial charge in [-0.1, -0.05) is 12.1 Å². The fourth-order valence-corrected chi connectivity index (χ4v) is 3.19. The number of amides is 2. The van der Waals surface area contributed by atoms with Gasteiger partial charge in [-0.2, -0.15) is 0 Å². The number of hydrogen-bond donors (Lipinski definition) is 0. The second-order valence-electron chi connectivity index (χ2n) is 6.17. The van der Waals surface area contributed by atoms with Gasteiger partial charge in [0.15, 0.2) is 5.58 Å². The van der Waals surface area contributed by atoms with Gasteiger partial charge in [0.1, 0.15) is 11.3 Å². The molecule has 130 valence electrons. The van der Waals surface area contributed by atoms with E-state index in [-0.39, 0.29) is 17.6 Å². The Morgan fingerprint density at radius 2 is 1.52 bits per heavy atom. The van der Waals surface area contributed by atoms with Gasteiger partial charge in [-0.15, -0.1) is 0 Å². The number of imide groups is 1. The Balaban J connectivity index is 1.57. The third-order valence-electron chi connectivity index (χ3n) is 4.51. The third kappa shape index (κ3) is 2.34. The van der Waals surface area contributed by atoms with E-state index in [0.29, 0.717) is 39.4 Å². The maximum atomic E-state index is 13.1. The summed E-state index contributed by atoms with van der Waals surface area (Å²) < 4.78 is 18.8. The van der Waals surface area contributed by atoms with Gasteiger partial charge in [-0.25, -0.2) is 14.3 Å². The average Bonchev–Trinajstić information content (AvgIpc) is 3.22. The lowest BCUT2D eigenvalue weighted by molar-refractivity contribution is 0.0926. The van der Waals surface area contributed by atoms with Crippen molar-refractivity contribution in [2.45, 2.75) is 0 Å².